The van der Waals surface area contributed by atoms with Gasteiger partial charge in [0.2, 0.25) is 4.96 Å². The minimum absolute atomic E-state index is 0.648. The predicted molar refractivity (Wildman–Crippen MR) is 99.2 cm³/mol. The van der Waals surface area contributed by atoms with Crippen molar-refractivity contribution in [2.45, 2.75) is 0 Å². The highest BCUT2D eigenvalue weighted by Gasteiger charge is 2.20. The van der Waals surface area contributed by atoms with Crippen molar-refractivity contribution in [3.63, 3.8) is 0 Å². The molecule has 0 spiro atoms. The fraction of sp³-hybridized carbons (Fsp3) is 0.167. The van der Waals surface area contributed by atoms with Gasteiger partial charge in [-0.25, -0.2) is 0 Å². The van der Waals surface area contributed by atoms with Crippen molar-refractivity contribution < 1.29 is 14.2 Å². The quantitative estimate of drug-likeness (QED) is 0.537. The molecule has 0 saturated heterocycles. The number of nitrogens with zero attached hydrogens (tertiary/aromatic N) is 4. The Kier molecular flexibility index (Phi) is 4.18. The molecular formula is C18H16N4O3S. The van der Waals surface area contributed by atoms with Crippen molar-refractivity contribution >= 4 is 16.3 Å². The van der Waals surface area contributed by atoms with Crippen LogP contribution in [0.4, 0.5) is 0 Å². The molecule has 0 N–H and O–H groups in total. The predicted octanol–water partition coefficient (Wildman–Crippen LogP) is 3.55. The normalized spacial score (nSPS) is 10.9. The number of benzene rings is 2. The van der Waals surface area contributed by atoms with Crippen LogP contribution in [0.15, 0.2) is 42.5 Å². The minimum Gasteiger partial charge on any atom is -0.497 e. The van der Waals surface area contributed by atoms with Crippen molar-refractivity contribution in [3.05, 3.63) is 42.5 Å². The Bertz CT molecular complexity index is 1050. The van der Waals surface area contributed by atoms with Crippen LogP contribution < -0.4 is 14.2 Å². The van der Waals surface area contributed by atoms with Gasteiger partial charge in [-0.1, -0.05) is 29.5 Å². The lowest BCUT2D eigenvalue weighted by Gasteiger charge is -2.10. The maximum absolute atomic E-state index is 5.48. The molecule has 0 fully saturated rings. The molecule has 0 aliphatic rings. The molecule has 2 aromatic heterocycles. The van der Waals surface area contributed by atoms with Gasteiger partial charge >= 0.3 is 0 Å². The molecular weight excluding hydrogens is 352 g/mol. The lowest BCUT2D eigenvalue weighted by Crippen LogP contribution is -1.95. The molecule has 0 bridgehead atoms. The third-order valence-corrected chi connectivity index (χ3v) is 4.88. The molecule has 0 aliphatic carbocycles. The molecule has 8 heteroatoms. The molecule has 2 heterocycles. The summed E-state index contributed by atoms with van der Waals surface area (Å²) in [7, 11) is 4.88. The average Bonchev–Trinajstić information content (AvgIpc) is 3.27. The lowest BCUT2D eigenvalue weighted by molar-refractivity contribution is 0.397. The van der Waals surface area contributed by atoms with E-state index >= 15 is 0 Å². The van der Waals surface area contributed by atoms with Crippen molar-refractivity contribution in [1.29, 1.82) is 0 Å². The van der Waals surface area contributed by atoms with E-state index in [0.717, 1.165) is 21.9 Å². The summed E-state index contributed by atoms with van der Waals surface area (Å²) in [5.41, 5.74) is 1.67. The van der Waals surface area contributed by atoms with E-state index in [1.165, 1.54) is 11.3 Å². The molecule has 7 nitrogen and oxygen atoms in total. The maximum atomic E-state index is 5.48. The molecule has 26 heavy (non-hydrogen) atoms. The highest BCUT2D eigenvalue weighted by molar-refractivity contribution is 7.19. The zero-order valence-electron chi connectivity index (χ0n) is 14.5. The summed E-state index contributed by atoms with van der Waals surface area (Å²) in [5, 5.41) is 14.0. The Morgan fingerprint density at radius 2 is 1.62 bits per heavy atom. The second kappa shape index (κ2) is 6.64. The maximum Gasteiger partial charge on any atom is 0.235 e. The first-order valence-electron chi connectivity index (χ1n) is 7.83. The van der Waals surface area contributed by atoms with Crippen LogP contribution in [0, 0.1) is 0 Å². The summed E-state index contributed by atoms with van der Waals surface area (Å²) in [6.07, 6.45) is 0. The fourth-order valence-corrected chi connectivity index (χ4v) is 3.62. The number of aromatic nitrogens is 4. The summed E-state index contributed by atoms with van der Waals surface area (Å²) < 4.78 is 18.0. The van der Waals surface area contributed by atoms with Crippen LogP contribution in [0.3, 0.4) is 0 Å². The van der Waals surface area contributed by atoms with Crippen LogP contribution in [0.5, 0.6) is 17.2 Å². The van der Waals surface area contributed by atoms with Crippen LogP contribution in [-0.4, -0.2) is 41.1 Å². The third-order valence-electron chi connectivity index (χ3n) is 3.96. The molecule has 0 unspecified atom stereocenters. The lowest BCUT2D eigenvalue weighted by atomic mass is 10.2. The number of rotatable bonds is 5. The highest BCUT2D eigenvalue weighted by Crippen LogP contribution is 2.40. The Hall–Kier alpha value is -3.13. The van der Waals surface area contributed by atoms with Gasteiger partial charge in [-0.3, -0.25) is 0 Å². The van der Waals surface area contributed by atoms with E-state index in [2.05, 4.69) is 10.2 Å². The zero-order chi connectivity index (χ0) is 18.1. The molecule has 2 aromatic carbocycles. The minimum atomic E-state index is 0.648. The zero-order valence-corrected chi connectivity index (χ0v) is 15.3. The second-order valence-corrected chi connectivity index (χ2v) is 6.35. The van der Waals surface area contributed by atoms with Crippen LogP contribution in [0.25, 0.3) is 26.9 Å². The van der Waals surface area contributed by atoms with Gasteiger partial charge in [-0.05, 0) is 24.3 Å². The summed E-state index contributed by atoms with van der Waals surface area (Å²) in [6.45, 7) is 0. The van der Waals surface area contributed by atoms with E-state index in [9.17, 15) is 0 Å². The molecule has 4 aromatic rings. The van der Waals surface area contributed by atoms with E-state index in [0.29, 0.717) is 22.3 Å². The summed E-state index contributed by atoms with van der Waals surface area (Å²) in [5.74, 6) is 2.78. The Balaban J connectivity index is 1.87. The monoisotopic (exact) mass is 368 g/mol. The number of fused-ring (bicyclic) bond motifs is 1. The van der Waals surface area contributed by atoms with Gasteiger partial charge in [0, 0.05) is 5.56 Å². The van der Waals surface area contributed by atoms with Crippen LogP contribution in [0.2, 0.25) is 0 Å². The first kappa shape index (κ1) is 16.3. The molecule has 132 valence electrons. The van der Waals surface area contributed by atoms with E-state index in [4.69, 9.17) is 19.3 Å². The first-order chi connectivity index (χ1) is 12.7. The molecule has 4 rings (SSSR count). The second-order valence-electron chi connectivity index (χ2n) is 5.39. The Labute approximate surface area is 153 Å². The summed E-state index contributed by atoms with van der Waals surface area (Å²) in [4.78, 5) is 0.686. The van der Waals surface area contributed by atoms with Gasteiger partial charge in [0.1, 0.15) is 17.2 Å². The fourth-order valence-electron chi connectivity index (χ4n) is 2.72. The first-order valence-corrected chi connectivity index (χ1v) is 8.65. The standard InChI is InChI=1S/C18H16N4O3S/c1-23-12-7-4-6-11(10-12)16-19-20-18-22(16)21-17(26-18)15-13(24-2)8-5-9-14(15)25-3/h4-10H,1-3H3. The molecule has 0 saturated carbocycles. The SMILES string of the molecule is COc1cccc(-c2nnc3sc(-c4c(OC)cccc4OC)nn23)c1. The topological polar surface area (TPSA) is 70.8 Å². The van der Waals surface area contributed by atoms with Gasteiger partial charge in [-0.2, -0.15) is 9.61 Å². The molecule has 0 radical (unpaired) electrons. The van der Waals surface area contributed by atoms with Crippen LogP contribution >= 0.6 is 11.3 Å². The Morgan fingerprint density at radius 3 is 2.31 bits per heavy atom. The molecule has 0 amide bonds. The summed E-state index contributed by atoms with van der Waals surface area (Å²) >= 11 is 1.42. The number of ether oxygens (including phenoxy) is 3. The van der Waals surface area contributed by atoms with Crippen molar-refractivity contribution in [2.24, 2.45) is 0 Å². The van der Waals surface area contributed by atoms with Crippen molar-refractivity contribution in [2.75, 3.05) is 21.3 Å². The van der Waals surface area contributed by atoms with Gasteiger partial charge < -0.3 is 14.2 Å². The van der Waals surface area contributed by atoms with Gasteiger partial charge in [0.15, 0.2) is 10.8 Å². The van der Waals surface area contributed by atoms with E-state index < -0.39 is 0 Å². The number of hydrogen-bond acceptors (Lipinski definition) is 7. The average molecular weight is 368 g/mol. The van der Waals surface area contributed by atoms with Crippen molar-refractivity contribution in [3.8, 4) is 39.2 Å². The number of methoxy groups -OCH3 is 3. The van der Waals surface area contributed by atoms with E-state index in [-0.39, 0.29) is 0 Å². The van der Waals surface area contributed by atoms with E-state index in [1.807, 2.05) is 42.5 Å². The van der Waals surface area contributed by atoms with Gasteiger partial charge in [0.25, 0.3) is 0 Å². The third kappa shape index (κ3) is 2.64. The van der Waals surface area contributed by atoms with Gasteiger partial charge in [0.05, 0.1) is 26.9 Å². The van der Waals surface area contributed by atoms with Crippen LogP contribution in [-0.2, 0) is 0 Å². The largest absolute Gasteiger partial charge is 0.497 e. The Morgan fingerprint density at radius 1 is 0.885 bits per heavy atom. The van der Waals surface area contributed by atoms with Gasteiger partial charge in [-0.15, -0.1) is 10.2 Å². The van der Waals surface area contributed by atoms with E-state index in [1.54, 1.807) is 25.8 Å². The van der Waals surface area contributed by atoms with Crippen LogP contribution in [0.1, 0.15) is 0 Å². The van der Waals surface area contributed by atoms with Crippen molar-refractivity contribution in [1.82, 2.24) is 19.8 Å². The summed E-state index contributed by atoms with van der Waals surface area (Å²) in [6, 6.07) is 13.3. The molecule has 0 atom stereocenters. The number of hydrogen-bond donors (Lipinski definition) is 0. The molecule has 0 aliphatic heterocycles. The smallest absolute Gasteiger partial charge is 0.235 e. The highest BCUT2D eigenvalue weighted by atomic mass is 32.1.